The summed E-state index contributed by atoms with van der Waals surface area (Å²) in [6.45, 7) is 1.92. The van der Waals surface area contributed by atoms with Crippen molar-refractivity contribution in [2.45, 2.75) is 13.0 Å². The minimum Gasteiger partial charge on any atom is -0.467 e. The highest BCUT2D eigenvalue weighted by Gasteiger charge is 2.27. The van der Waals surface area contributed by atoms with Gasteiger partial charge in [-0.15, -0.1) is 0 Å². The molecule has 5 heteroatoms. The van der Waals surface area contributed by atoms with Gasteiger partial charge in [0.25, 0.3) is 5.91 Å². The van der Waals surface area contributed by atoms with Gasteiger partial charge in [-0.3, -0.25) is 9.69 Å². The summed E-state index contributed by atoms with van der Waals surface area (Å²) in [5.41, 5.74) is 0.587. The largest absolute Gasteiger partial charge is 0.467 e. The Morgan fingerprint density at radius 3 is 2.70 bits per heavy atom. The van der Waals surface area contributed by atoms with Gasteiger partial charge in [0.05, 0.1) is 12.3 Å². The molecule has 3 aromatic rings. The number of nitrogens with zero attached hydrogens (tertiary/aromatic N) is 2. The second-order valence-corrected chi connectivity index (χ2v) is 5.98. The molecule has 0 fully saturated rings. The number of furan rings is 1. The van der Waals surface area contributed by atoms with Crippen molar-refractivity contribution in [3.05, 3.63) is 82.9 Å². The predicted molar refractivity (Wildman–Crippen MR) is 92.3 cm³/mol. The number of anilines is 1. The van der Waals surface area contributed by atoms with Gasteiger partial charge in [-0.1, -0.05) is 28.1 Å². The van der Waals surface area contributed by atoms with Gasteiger partial charge in [-0.05, 0) is 49.4 Å². The van der Waals surface area contributed by atoms with Crippen LogP contribution in [-0.4, -0.2) is 10.9 Å². The first-order chi connectivity index (χ1) is 11.2. The number of amides is 1. The van der Waals surface area contributed by atoms with Crippen molar-refractivity contribution in [1.29, 1.82) is 0 Å². The number of hydrogen-bond acceptors (Lipinski definition) is 3. The molecule has 3 rings (SSSR count). The van der Waals surface area contributed by atoms with E-state index in [4.69, 9.17) is 4.42 Å². The Balaban J connectivity index is 2.03. The summed E-state index contributed by atoms with van der Waals surface area (Å²) in [4.78, 5) is 19.0. The molecule has 0 bridgehead atoms. The van der Waals surface area contributed by atoms with Crippen molar-refractivity contribution in [3.63, 3.8) is 0 Å². The molecule has 4 nitrogen and oxygen atoms in total. The van der Waals surface area contributed by atoms with E-state index >= 15 is 0 Å². The van der Waals surface area contributed by atoms with Crippen molar-refractivity contribution in [1.82, 2.24) is 4.98 Å². The van der Waals surface area contributed by atoms with Gasteiger partial charge in [0.15, 0.2) is 0 Å². The highest BCUT2D eigenvalue weighted by molar-refractivity contribution is 9.10. The Kier molecular flexibility index (Phi) is 4.57. The van der Waals surface area contributed by atoms with E-state index in [1.807, 2.05) is 49.4 Å². The maximum absolute atomic E-state index is 13.1. The van der Waals surface area contributed by atoms with Crippen LogP contribution in [0.25, 0.3) is 0 Å². The molecule has 23 heavy (non-hydrogen) atoms. The van der Waals surface area contributed by atoms with Crippen molar-refractivity contribution in [2.75, 3.05) is 4.90 Å². The second kappa shape index (κ2) is 6.79. The van der Waals surface area contributed by atoms with Gasteiger partial charge in [-0.25, -0.2) is 4.98 Å². The summed E-state index contributed by atoms with van der Waals surface area (Å²) >= 11 is 3.41. The molecule has 1 atom stereocenters. The number of aromatic nitrogens is 1. The molecule has 1 amide bonds. The van der Waals surface area contributed by atoms with Crippen LogP contribution in [0.2, 0.25) is 0 Å². The molecule has 0 aliphatic carbocycles. The molecule has 0 saturated carbocycles. The molecule has 2 heterocycles. The van der Waals surface area contributed by atoms with Crippen molar-refractivity contribution in [3.8, 4) is 0 Å². The molecule has 116 valence electrons. The summed E-state index contributed by atoms with van der Waals surface area (Å²) in [6, 6.07) is 16.2. The van der Waals surface area contributed by atoms with Crippen LogP contribution in [0.4, 0.5) is 5.82 Å². The average Bonchev–Trinajstić information content (AvgIpc) is 3.10. The molecule has 0 saturated heterocycles. The lowest BCUT2D eigenvalue weighted by Crippen LogP contribution is -2.34. The lowest BCUT2D eigenvalue weighted by atomic mass is 10.1. The van der Waals surface area contributed by atoms with Crippen LogP contribution >= 0.6 is 15.9 Å². The van der Waals surface area contributed by atoms with Gasteiger partial charge in [0.1, 0.15) is 11.6 Å². The van der Waals surface area contributed by atoms with Gasteiger partial charge in [-0.2, -0.15) is 0 Å². The quantitative estimate of drug-likeness (QED) is 0.659. The van der Waals surface area contributed by atoms with E-state index in [0.29, 0.717) is 17.1 Å². The van der Waals surface area contributed by atoms with Crippen molar-refractivity contribution >= 4 is 27.7 Å². The first-order valence-corrected chi connectivity index (χ1v) is 7.99. The maximum Gasteiger partial charge on any atom is 0.260 e. The Morgan fingerprint density at radius 1 is 1.17 bits per heavy atom. The monoisotopic (exact) mass is 370 g/mol. The van der Waals surface area contributed by atoms with Crippen LogP contribution in [0.3, 0.4) is 0 Å². The van der Waals surface area contributed by atoms with Crippen molar-refractivity contribution in [2.24, 2.45) is 0 Å². The fourth-order valence-electron chi connectivity index (χ4n) is 2.39. The molecule has 0 aliphatic rings. The van der Waals surface area contributed by atoms with Gasteiger partial charge >= 0.3 is 0 Å². The van der Waals surface area contributed by atoms with Gasteiger partial charge in [0, 0.05) is 16.2 Å². The van der Waals surface area contributed by atoms with Gasteiger partial charge < -0.3 is 4.42 Å². The molecule has 0 N–H and O–H groups in total. The smallest absolute Gasteiger partial charge is 0.260 e. The number of hydrogen-bond donors (Lipinski definition) is 0. The fraction of sp³-hybridized carbons (Fsp3) is 0.111. The molecule has 0 spiro atoms. The Hall–Kier alpha value is -2.40. The Bertz CT molecular complexity index is 788. The fourth-order valence-corrected chi connectivity index (χ4v) is 2.79. The standard InChI is InChI=1S/C18H15BrN2O2/c1-13(16-8-5-11-23-16)21(17-9-2-3-10-20-17)18(22)14-6-4-7-15(19)12-14/h2-13H,1H3/t13-/m0/s1. The predicted octanol–water partition coefficient (Wildman–Crippen LogP) is 4.85. The third kappa shape index (κ3) is 3.35. The highest BCUT2D eigenvalue weighted by atomic mass is 79.9. The molecule has 2 aromatic heterocycles. The average molecular weight is 371 g/mol. The van der Waals surface area contributed by atoms with E-state index in [-0.39, 0.29) is 11.9 Å². The number of rotatable bonds is 4. The first-order valence-electron chi connectivity index (χ1n) is 7.20. The minimum absolute atomic E-state index is 0.131. The first kappa shape index (κ1) is 15.5. The number of carbonyl (C=O) groups excluding carboxylic acids is 1. The van der Waals surface area contributed by atoms with Crippen LogP contribution in [0, 0.1) is 0 Å². The maximum atomic E-state index is 13.1. The lowest BCUT2D eigenvalue weighted by molar-refractivity contribution is 0.0974. The highest BCUT2D eigenvalue weighted by Crippen LogP contribution is 2.28. The second-order valence-electron chi connectivity index (χ2n) is 5.06. The summed E-state index contributed by atoms with van der Waals surface area (Å²) in [5.74, 6) is 1.16. The zero-order chi connectivity index (χ0) is 16.2. The van der Waals surface area contributed by atoms with Crippen LogP contribution in [0.1, 0.15) is 29.1 Å². The van der Waals surface area contributed by atoms with E-state index in [1.54, 1.807) is 29.5 Å². The van der Waals surface area contributed by atoms with E-state index in [9.17, 15) is 4.79 Å². The number of pyridine rings is 1. The van der Waals surface area contributed by atoms with E-state index in [0.717, 1.165) is 4.47 Å². The zero-order valence-corrected chi connectivity index (χ0v) is 14.1. The number of halogens is 1. The van der Waals surface area contributed by atoms with Gasteiger partial charge in [0.2, 0.25) is 0 Å². The van der Waals surface area contributed by atoms with Crippen LogP contribution in [0.15, 0.2) is 75.9 Å². The molecule has 1 aromatic carbocycles. The molecule has 0 radical (unpaired) electrons. The topological polar surface area (TPSA) is 46.3 Å². The molecular weight excluding hydrogens is 356 g/mol. The third-order valence-electron chi connectivity index (χ3n) is 3.53. The molecule has 0 unspecified atom stereocenters. The Morgan fingerprint density at radius 2 is 2.04 bits per heavy atom. The summed E-state index contributed by atoms with van der Waals surface area (Å²) in [6.07, 6.45) is 3.28. The SMILES string of the molecule is C[C@@H](c1ccco1)N(C(=O)c1cccc(Br)c1)c1ccccn1. The third-order valence-corrected chi connectivity index (χ3v) is 4.02. The minimum atomic E-state index is -0.272. The summed E-state index contributed by atoms with van der Waals surface area (Å²) in [5, 5.41) is 0. The normalized spacial score (nSPS) is 11.9. The summed E-state index contributed by atoms with van der Waals surface area (Å²) in [7, 11) is 0. The van der Waals surface area contributed by atoms with Crippen LogP contribution < -0.4 is 4.90 Å². The van der Waals surface area contributed by atoms with Crippen LogP contribution in [-0.2, 0) is 0 Å². The molecule has 0 aliphatic heterocycles. The van der Waals surface area contributed by atoms with E-state index in [1.165, 1.54) is 0 Å². The van der Waals surface area contributed by atoms with E-state index < -0.39 is 0 Å². The lowest BCUT2D eigenvalue weighted by Gasteiger charge is -2.27. The number of benzene rings is 1. The van der Waals surface area contributed by atoms with Crippen LogP contribution in [0.5, 0.6) is 0 Å². The summed E-state index contributed by atoms with van der Waals surface area (Å²) < 4.78 is 6.33. The zero-order valence-electron chi connectivity index (χ0n) is 12.5. The van der Waals surface area contributed by atoms with E-state index in [2.05, 4.69) is 20.9 Å². The Labute approximate surface area is 142 Å². The van der Waals surface area contributed by atoms with Crippen molar-refractivity contribution < 1.29 is 9.21 Å². The molecular formula is C18H15BrN2O2. The number of carbonyl (C=O) groups is 1.